The Bertz CT molecular complexity index is 2280. The van der Waals surface area contributed by atoms with Crippen LogP contribution in [0.3, 0.4) is 0 Å². The predicted molar refractivity (Wildman–Crippen MR) is 260 cm³/mol. The van der Waals surface area contributed by atoms with Gasteiger partial charge in [0.25, 0.3) is 0 Å². The average molecular weight is 961 g/mol. The molecule has 0 atom stereocenters. The van der Waals surface area contributed by atoms with Crippen LogP contribution in [0.25, 0.3) is 64.7 Å². The molecule has 5 heteroatoms. The molecule has 0 fully saturated rings. The van der Waals surface area contributed by atoms with Gasteiger partial charge in [-0.25, -0.2) is 0 Å². The molecule has 8 rings (SSSR count). The Morgan fingerprint density at radius 1 is 0.410 bits per heavy atom. The molecule has 0 amide bonds. The third kappa shape index (κ3) is 13.5. The van der Waals surface area contributed by atoms with Crippen molar-refractivity contribution in [2.24, 2.45) is 0 Å². The minimum Gasteiger partial charge on any atom is -1.00 e. The molecule has 8 aromatic rings. The van der Waals surface area contributed by atoms with E-state index in [-0.39, 0.29) is 51.0 Å². The van der Waals surface area contributed by atoms with Gasteiger partial charge in [-0.15, -0.1) is 69.1 Å². The Morgan fingerprint density at radius 2 is 0.820 bits per heavy atom. The van der Waals surface area contributed by atoms with Crippen molar-refractivity contribution < 1.29 is 51.0 Å². The number of hydrogen-bond acceptors (Lipinski definition) is 2. The maximum absolute atomic E-state index is 2.38. The van der Waals surface area contributed by atoms with E-state index in [1.807, 2.05) is 22.7 Å². The van der Waals surface area contributed by atoms with E-state index in [1.165, 1.54) is 175 Å². The number of rotatable bonds is 18. The molecule has 2 aromatic heterocycles. The Kier molecular flexibility index (Phi) is 21.5. The van der Waals surface area contributed by atoms with E-state index in [0.717, 1.165) is 0 Å². The van der Waals surface area contributed by atoms with E-state index >= 15 is 0 Å². The topological polar surface area (TPSA) is 0 Å². The van der Waals surface area contributed by atoms with Gasteiger partial charge in [0.15, 0.2) is 0 Å². The molecule has 0 saturated carbocycles. The molecule has 2 heterocycles. The van der Waals surface area contributed by atoms with Crippen molar-refractivity contribution in [2.75, 3.05) is 0 Å². The summed E-state index contributed by atoms with van der Waals surface area (Å²) >= 11 is 3.88. The molecule has 0 radical (unpaired) electrons. The van der Waals surface area contributed by atoms with Gasteiger partial charge in [-0.3, -0.25) is 0 Å². The molecule has 0 spiro atoms. The van der Waals surface area contributed by atoms with Crippen LogP contribution in [0, 0.1) is 0 Å². The number of thiophene rings is 2. The summed E-state index contributed by atoms with van der Waals surface area (Å²) in [6.45, 7) is 9.04. The van der Waals surface area contributed by atoms with Crippen LogP contribution in [0.4, 0.5) is 0 Å². The van der Waals surface area contributed by atoms with Gasteiger partial charge in [0.1, 0.15) is 0 Å². The van der Waals surface area contributed by atoms with Crippen LogP contribution in [0.2, 0.25) is 0 Å². The quantitative estimate of drug-likeness (QED) is 0.0594. The van der Waals surface area contributed by atoms with Crippen LogP contribution >= 0.6 is 22.7 Å². The first-order valence-electron chi connectivity index (χ1n) is 22.3. The fourth-order valence-corrected chi connectivity index (χ4v) is 10.5. The zero-order valence-electron chi connectivity index (χ0n) is 36.7. The molecule has 0 aliphatic heterocycles. The minimum atomic E-state index is 0. The Morgan fingerprint density at radius 3 is 1.20 bits per heavy atom. The molecule has 61 heavy (non-hydrogen) atoms. The van der Waals surface area contributed by atoms with E-state index in [1.54, 1.807) is 0 Å². The first-order valence-corrected chi connectivity index (χ1v) is 24.0. The average Bonchev–Trinajstić information content (AvgIpc) is 4.09. The van der Waals surface area contributed by atoms with Crippen LogP contribution < -0.4 is 24.8 Å². The van der Waals surface area contributed by atoms with Gasteiger partial charge in [-0.05, 0) is 80.3 Å². The van der Waals surface area contributed by atoms with Gasteiger partial charge in [-0.1, -0.05) is 187 Å². The van der Waals surface area contributed by atoms with Crippen molar-refractivity contribution in [3.63, 3.8) is 0 Å². The third-order valence-corrected chi connectivity index (χ3v) is 13.9. The van der Waals surface area contributed by atoms with Crippen molar-refractivity contribution in [1.29, 1.82) is 0 Å². The molecule has 0 nitrogen and oxygen atoms in total. The van der Waals surface area contributed by atoms with Crippen LogP contribution in [-0.2, 0) is 51.9 Å². The molecule has 0 N–H and O–H groups in total. The summed E-state index contributed by atoms with van der Waals surface area (Å²) in [5.41, 5.74) is 11.0. The van der Waals surface area contributed by atoms with E-state index in [2.05, 4.69) is 161 Å². The number of hydrogen-bond donors (Lipinski definition) is 0. The summed E-state index contributed by atoms with van der Waals surface area (Å²) in [7, 11) is 0. The van der Waals surface area contributed by atoms with Gasteiger partial charge in [0, 0.05) is 0 Å². The summed E-state index contributed by atoms with van der Waals surface area (Å²) in [5.74, 6) is 0. The molecule has 6 aromatic carbocycles. The van der Waals surface area contributed by atoms with Crippen LogP contribution in [0.5, 0.6) is 0 Å². The van der Waals surface area contributed by atoms with Crippen LogP contribution in [0.1, 0.15) is 113 Å². The summed E-state index contributed by atoms with van der Waals surface area (Å²) in [6, 6.07) is 50.5. The predicted octanol–water partition coefficient (Wildman–Crippen LogP) is 12.1. The second kappa shape index (κ2) is 25.9. The molecule has 316 valence electrons. The molecule has 0 bridgehead atoms. The van der Waals surface area contributed by atoms with E-state index < -0.39 is 0 Å². The first kappa shape index (κ1) is 50.6. The number of halogens is 2. The Hall–Kier alpha value is -3.04. The zero-order chi connectivity index (χ0) is 40.1. The van der Waals surface area contributed by atoms with Gasteiger partial charge in [-0.2, -0.15) is 22.7 Å². The number of fused-ring (bicyclic) bond motifs is 2. The molecule has 0 aliphatic rings. The molecule has 0 saturated heterocycles. The SMILES string of the molecule is CCCCCCc1ccc(-c2cccc3[cH-]c(-c4ccc(CCC)s4)cc23)cc1.CCCCCCc1ccc(-c2cccc3[cH-]c(-c4ccc(CCC)s4)cc23)cc1.[Cl-].[Cl-].[Zr+4]. The third-order valence-electron chi connectivity index (χ3n) is 11.6. The molecular weight excluding hydrogens is 899 g/mol. The Labute approximate surface area is 406 Å². The number of benzene rings is 4. The summed E-state index contributed by atoms with van der Waals surface area (Å²) in [5, 5.41) is 5.41. The van der Waals surface area contributed by atoms with Crippen molar-refractivity contribution in [3.05, 3.63) is 154 Å². The van der Waals surface area contributed by atoms with E-state index in [4.69, 9.17) is 0 Å². The standard InChI is InChI=1S/2C28H31S.2ClH.Zr/c2*1-3-5-6-7-10-21-13-15-22(16-14-21)26-12-8-11-23-19-24(20-27(23)26)28-18-17-25(29-28)9-4-2;;;/h2*8,11-20H,3-7,9-10H2,1-2H3;2*1H;/q2*-1;;;+4/p-2. The zero-order valence-corrected chi connectivity index (χ0v) is 42.3. The second-order valence-corrected chi connectivity index (χ2v) is 18.5. The number of aryl methyl sites for hydroxylation is 4. The van der Waals surface area contributed by atoms with Gasteiger partial charge in [0.05, 0.1) is 0 Å². The van der Waals surface area contributed by atoms with E-state index in [0.29, 0.717) is 0 Å². The molecular formula is C56H62Cl2S2Zr. The van der Waals surface area contributed by atoms with Crippen LogP contribution in [-0.4, -0.2) is 0 Å². The fraction of sp³-hybridized carbons (Fsp3) is 0.321. The van der Waals surface area contributed by atoms with Crippen molar-refractivity contribution >= 4 is 44.2 Å². The van der Waals surface area contributed by atoms with Crippen molar-refractivity contribution in [1.82, 2.24) is 0 Å². The molecule has 0 aliphatic carbocycles. The summed E-state index contributed by atoms with van der Waals surface area (Å²) in [4.78, 5) is 5.75. The van der Waals surface area contributed by atoms with Gasteiger partial charge >= 0.3 is 26.2 Å². The summed E-state index contributed by atoms with van der Waals surface area (Å²) < 4.78 is 0. The molecule has 0 unspecified atom stereocenters. The first-order chi connectivity index (χ1) is 28.6. The Balaban J connectivity index is 0.000000256. The van der Waals surface area contributed by atoms with Crippen molar-refractivity contribution in [2.45, 2.75) is 118 Å². The maximum atomic E-state index is 2.38. The van der Waals surface area contributed by atoms with Crippen molar-refractivity contribution in [3.8, 4) is 43.1 Å². The minimum absolute atomic E-state index is 0. The second-order valence-electron chi connectivity index (χ2n) is 16.2. The summed E-state index contributed by atoms with van der Waals surface area (Å²) in [6.07, 6.45) is 17.8. The largest absolute Gasteiger partial charge is 4.00 e. The smallest absolute Gasteiger partial charge is 1.00 e. The fourth-order valence-electron chi connectivity index (χ4n) is 8.30. The number of unbranched alkanes of at least 4 members (excludes halogenated alkanes) is 6. The van der Waals surface area contributed by atoms with Gasteiger partial charge < -0.3 is 24.8 Å². The van der Waals surface area contributed by atoms with Gasteiger partial charge in [0.2, 0.25) is 0 Å². The monoisotopic (exact) mass is 958 g/mol. The van der Waals surface area contributed by atoms with Crippen LogP contribution in [0.15, 0.2) is 133 Å². The normalized spacial score (nSPS) is 10.8. The maximum Gasteiger partial charge on any atom is 4.00 e. The van der Waals surface area contributed by atoms with E-state index in [9.17, 15) is 0 Å².